The molecule has 0 saturated carbocycles. The van der Waals surface area contributed by atoms with Crippen molar-refractivity contribution in [2.24, 2.45) is 11.7 Å². The molecule has 5 amide bonds. The van der Waals surface area contributed by atoms with E-state index < -0.39 is 46.9 Å². The van der Waals surface area contributed by atoms with Crippen molar-refractivity contribution in [1.82, 2.24) is 20.0 Å². The van der Waals surface area contributed by atoms with Gasteiger partial charge in [-0.05, 0) is 71.5 Å². The van der Waals surface area contributed by atoms with Crippen molar-refractivity contribution in [3.63, 3.8) is 0 Å². The molecule has 0 aliphatic carbocycles. The topological polar surface area (TPSA) is 215 Å². The summed E-state index contributed by atoms with van der Waals surface area (Å²) >= 11 is 0. The molecule has 60 heavy (non-hydrogen) atoms. The molecular weight excluding hydrogens is 773 g/mol. The van der Waals surface area contributed by atoms with E-state index in [0.717, 1.165) is 5.56 Å². The number of benzene rings is 4. The standard InChI is InChI=1S/C44H50N6O10/c1-47(41(53)37(25-30-11-17-35(51)18-12-30)46-44(56)60-28-32-9-15-34(16-10-32)50(57)58)38(27-31-13-19-36(59-3)20-14-31)42(54)48(2)39(26-29-7-5-4-6-8-29)43(55)49-23-21-33(22-24-49)40(45)52/h4-20,33,37-39,51H,21-28H2,1-3H3,(H2,45,52)(H,46,56)/t37-,38+,39+/m1/s1. The van der Waals surface area contributed by atoms with Crippen molar-refractivity contribution in [2.45, 2.75) is 56.8 Å². The zero-order valence-corrected chi connectivity index (χ0v) is 33.8. The van der Waals surface area contributed by atoms with Gasteiger partial charge in [-0.15, -0.1) is 0 Å². The van der Waals surface area contributed by atoms with Crippen LogP contribution in [0.5, 0.6) is 11.5 Å². The third-order valence-corrected chi connectivity index (χ3v) is 10.8. The Morgan fingerprint density at radius 3 is 1.90 bits per heavy atom. The molecule has 3 atom stereocenters. The molecule has 16 nitrogen and oxygen atoms in total. The highest BCUT2D eigenvalue weighted by molar-refractivity contribution is 5.94. The van der Waals surface area contributed by atoms with Crippen LogP contribution in [0.4, 0.5) is 10.5 Å². The molecule has 0 spiro atoms. The number of non-ortho nitro benzene ring substituents is 1. The monoisotopic (exact) mass is 822 g/mol. The average molecular weight is 823 g/mol. The molecule has 0 unspecified atom stereocenters. The van der Waals surface area contributed by atoms with E-state index in [-0.39, 0.29) is 49.1 Å². The number of nitro benzene ring substituents is 1. The first-order chi connectivity index (χ1) is 28.7. The van der Waals surface area contributed by atoms with Crippen molar-refractivity contribution in [1.29, 1.82) is 0 Å². The van der Waals surface area contributed by atoms with Crippen LogP contribution < -0.4 is 15.8 Å². The number of piperidine rings is 1. The van der Waals surface area contributed by atoms with Crippen LogP contribution in [-0.4, -0.2) is 107 Å². The number of nitrogens with two attached hydrogens (primary N) is 1. The number of nitro groups is 1. The number of hydrogen-bond donors (Lipinski definition) is 3. The van der Waals surface area contributed by atoms with E-state index in [9.17, 15) is 39.2 Å². The number of carbonyl (C=O) groups excluding carboxylic acids is 5. The van der Waals surface area contributed by atoms with Crippen LogP contribution in [0, 0.1) is 16.0 Å². The van der Waals surface area contributed by atoms with E-state index >= 15 is 0 Å². The Balaban J connectivity index is 1.44. The Labute approximate surface area is 348 Å². The maximum Gasteiger partial charge on any atom is 0.408 e. The highest BCUT2D eigenvalue weighted by Crippen LogP contribution is 2.23. The predicted octanol–water partition coefficient (Wildman–Crippen LogP) is 4.01. The number of phenols is 1. The third kappa shape index (κ3) is 11.8. The number of rotatable bonds is 17. The van der Waals surface area contributed by atoms with Crippen LogP contribution in [0.3, 0.4) is 0 Å². The van der Waals surface area contributed by atoms with Crippen molar-refractivity contribution < 1.29 is 43.5 Å². The van der Waals surface area contributed by atoms with Gasteiger partial charge in [0.05, 0.1) is 12.0 Å². The first-order valence-corrected chi connectivity index (χ1v) is 19.5. The maximum absolute atomic E-state index is 14.9. The molecular formula is C44H50N6O10. The van der Waals surface area contributed by atoms with E-state index in [1.165, 1.54) is 67.4 Å². The molecule has 1 saturated heterocycles. The summed E-state index contributed by atoms with van der Waals surface area (Å²) in [7, 11) is 4.52. The van der Waals surface area contributed by atoms with Crippen LogP contribution in [0.2, 0.25) is 0 Å². The SMILES string of the molecule is COc1ccc(C[C@@H](C(=O)N(C)[C@@H](Cc2ccccc2)C(=O)N2CCC(C(N)=O)CC2)N(C)C(=O)[C@@H](Cc2ccc(O)cc2)NC(=O)OCc2ccc([N+](=O)[O-])cc2)cc1. The van der Waals surface area contributed by atoms with Crippen molar-refractivity contribution in [3.8, 4) is 11.5 Å². The molecule has 0 aromatic heterocycles. The summed E-state index contributed by atoms with van der Waals surface area (Å²) in [5, 5.41) is 23.6. The molecule has 1 aliphatic rings. The Kier molecular flexibility index (Phi) is 15.2. The lowest BCUT2D eigenvalue weighted by molar-refractivity contribution is -0.384. The van der Waals surface area contributed by atoms with E-state index in [1.54, 1.807) is 41.3 Å². The van der Waals surface area contributed by atoms with Gasteiger partial charge in [-0.2, -0.15) is 0 Å². The largest absolute Gasteiger partial charge is 0.508 e. The minimum atomic E-state index is -1.27. The molecule has 4 N–H and O–H groups in total. The number of ether oxygens (including phenoxy) is 2. The number of carbonyl (C=O) groups is 5. The van der Waals surface area contributed by atoms with Gasteiger partial charge in [0, 0.05) is 64.5 Å². The lowest BCUT2D eigenvalue weighted by Gasteiger charge is -2.39. The van der Waals surface area contributed by atoms with Crippen molar-refractivity contribution in [2.75, 3.05) is 34.3 Å². The second kappa shape index (κ2) is 20.6. The minimum absolute atomic E-state index is 0.000699. The quantitative estimate of drug-likeness (QED) is 0.103. The number of hydrogen-bond acceptors (Lipinski definition) is 10. The average Bonchev–Trinajstić information content (AvgIpc) is 3.26. The lowest BCUT2D eigenvalue weighted by atomic mass is 9.94. The second-order valence-electron chi connectivity index (χ2n) is 14.7. The van der Waals surface area contributed by atoms with Gasteiger partial charge in [-0.3, -0.25) is 29.3 Å². The van der Waals surface area contributed by atoms with Gasteiger partial charge in [0.15, 0.2) is 0 Å². The molecule has 316 valence electrons. The zero-order valence-electron chi connectivity index (χ0n) is 33.8. The van der Waals surface area contributed by atoms with E-state index in [2.05, 4.69) is 5.32 Å². The number of methoxy groups -OCH3 is 1. The number of likely N-dealkylation sites (tertiary alicyclic amines) is 1. The van der Waals surface area contributed by atoms with Crippen LogP contribution in [0.1, 0.15) is 35.1 Å². The highest BCUT2D eigenvalue weighted by Gasteiger charge is 2.39. The zero-order chi connectivity index (χ0) is 43.3. The van der Waals surface area contributed by atoms with E-state index in [4.69, 9.17) is 15.2 Å². The highest BCUT2D eigenvalue weighted by atomic mass is 16.6. The minimum Gasteiger partial charge on any atom is -0.508 e. The number of likely N-dealkylation sites (N-methyl/N-ethyl adjacent to an activating group) is 2. The molecule has 4 aromatic rings. The van der Waals surface area contributed by atoms with Gasteiger partial charge in [-0.25, -0.2) is 4.79 Å². The van der Waals surface area contributed by atoms with Gasteiger partial charge in [0.25, 0.3) is 5.69 Å². The molecule has 1 aliphatic heterocycles. The van der Waals surface area contributed by atoms with Gasteiger partial charge in [0.2, 0.25) is 23.6 Å². The van der Waals surface area contributed by atoms with Gasteiger partial charge < -0.3 is 40.3 Å². The van der Waals surface area contributed by atoms with Gasteiger partial charge >= 0.3 is 6.09 Å². The fourth-order valence-corrected chi connectivity index (χ4v) is 7.10. The number of aromatic hydroxyl groups is 1. The smallest absolute Gasteiger partial charge is 0.408 e. The first-order valence-electron chi connectivity index (χ1n) is 19.5. The Hall–Kier alpha value is -6.97. The molecule has 5 rings (SSSR count). The van der Waals surface area contributed by atoms with Crippen LogP contribution in [0.15, 0.2) is 103 Å². The van der Waals surface area contributed by atoms with Crippen LogP contribution in [-0.2, 0) is 49.8 Å². The summed E-state index contributed by atoms with van der Waals surface area (Å²) in [6.07, 6.45) is 0.00628. The third-order valence-electron chi connectivity index (χ3n) is 10.8. The van der Waals surface area contributed by atoms with Gasteiger partial charge in [0.1, 0.15) is 36.2 Å². The summed E-state index contributed by atoms with van der Waals surface area (Å²) in [4.78, 5) is 83.9. The first kappa shape index (κ1) is 44.1. The number of amides is 5. The Morgan fingerprint density at radius 1 is 0.783 bits per heavy atom. The number of alkyl carbamates (subject to hydrolysis) is 1. The number of primary amides is 1. The fraction of sp³-hybridized carbons (Fsp3) is 0.341. The molecule has 0 radical (unpaired) electrons. The molecule has 4 aromatic carbocycles. The van der Waals surface area contributed by atoms with Crippen LogP contribution in [0.25, 0.3) is 0 Å². The Morgan fingerprint density at radius 2 is 1.32 bits per heavy atom. The summed E-state index contributed by atoms with van der Waals surface area (Å²) < 4.78 is 10.7. The molecule has 16 heteroatoms. The van der Waals surface area contributed by atoms with Crippen LogP contribution >= 0.6 is 0 Å². The molecule has 1 heterocycles. The number of nitrogens with one attached hydrogen (secondary N) is 1. The van der Waals surface area contributed by atoms with E-state index in [1.807, 2.05) is 30.3 Å². The second-order valence-corrected chi connectivity index (χ2v) is 14.7. The summed E-state index contributed by atoms with van der Waals surface area (Å²) in [6.45, 7) is 0.330. The van der Waals surface area contributed by atoms with Gasteiger partial charge in [-0.1, -0.05) is 54.6 Å². The Bertz CT molecular complexity index is 2110. The normalized spacial score (nSPS) is 14.2. The van der Waals surface area contributed by atoms with E-state index in [0.29, 0.717) is 48.4 Å². The van der Waals surface area contributed by atoms with Crippen molar-refractivity contribution in [3.05, 3.63) is 135 Å². The number of nitrogens with zero attached hydrogens (tertiary/aromatic N) is 4. The predicted molar refractivity (Wildman–Crippen MR) is 220 cm³/mol. The van der Waals surface area contributed by atoms with Crippen molar-refractivity contribution >= 4 is 35.4 Å². The fourth-order valence-electron chi connectivity index (χ4n) is 7.10. The molecule has 0 bridgehead atoms. The maximum atomic E-state index is 14.9. The summed E-state index contributed by atoms with van der Waals surface area (Å²) in [5.74, 6) is -1.67. The lowest BCUT2D eigenvalue weighted by Crippen LogP contribution is -2.59. The summed E-state index contributed by atoms with van der Waals surface area (Å²) in [5.41, 5.74) is 7.98. The molecule has 1 fully saturated rings. The number of phenolic OH excluding ortho intramolecular Hbond substituents is 1. The summed E-state index contributed by atoms with van der Waals surface area (Å²) in [6, 6.07) is 24.4.